The van der Waals surface area contributed by atoms with Crippen LogP contribution in [0.25, 0.3) is 6.08 Å². The molecule has 0 aliphatic carbocycles. The molecule has 138 valence electrons. The Labute approximate surface area is 154 Å². The van der Waals surface area contributed by atoms with E-state index in [1.54, 1.807) is 20.3 Å². The maximum absolute atomic E-state index is 12.1. The van der Waals surface area contributed by atoms with E-state index in [0.717, 1.165) is 16.9 Å². The van der Waals surface area contributed by atoms with Crippen molar-refractivity contribution < 1.29 is 19.0 Å². The summed E-state index contributed by atoms with van der Waals surface area (Å²) < 4.78 is 16.3. The van der Waals surface area contributed by atoms with Gasteiger partial charge in [0.25, 0.3) is 0 Å². The molecule has 26 heavy (non-hydrogen) atoms. The Kier molecular flexibility index (Phi) is 7.09. The highest BCUT2D eigenvalue weighted by molar-refractivity contribution is 5.91. The first-order chi connectivity index (χ1) is 12.5. The minimum atomic E-state index is -0.183. The van der Waals surface area contributed by atoms with Crippen LogP contribution in [-0.2, 0) is 11.3 Å². The van der Waals surface area contributed by atoms with E-state index in [4.69, 9.17) is 14.2 Å². The molecule has 2 aromatic rings. The van der Waals surface area contributed by atoms with Gasteiger partial charge in [0.15, 0.2) is 11.5 Å². The lowest BCUT2D eigenvalue weighted by atomic mass is 10.1. The molecule has 5 heteroatoms. The molecule has 0 fully saturated rings. The predicted molar refractivity (Wildman–Crippen MR) is 103 cm³/mol. The Morgan fingerprint density at radius 3 is 2.46 bits per heavy atom. The number of para-hydroxylation sites is 1. The van der Waals surface area contributed by atoms with Crippen LogP contribution in [0.15, 0.2) is 48.5 Å². The number of carbonyl (C=O) groups excluding carboxylic acids is 1. The van der Waals surface area contributed by atoms with E-state index >= 15 is 0 Å². The van der Waals surface area contributed by atoms with Gasteiger partial charge in [0, 0.05) is 18.2 Å². The van der Waals surface area contributed by atoms with Gasteiger partial charge in [0.05, 0.1) is 20.3 Å². The molecule has 0 saturated carbocycles. The first kappa shape index (κ1) is 19.4. The lowest BCUT2D eigenvalue weighted by Crippen LogP contribution is -2.20. The number of hydrogen-bond acceptors (Lipinski definition) is 4. The fraction of sp³-hybridized carbons (Fsp3) is 0.286. The van der Waals surface area contributed by atoms with E-state index in [0.29, 0.717) is 18.0 Å². The number of hydrogen-bond donors (Lipinski definition) is 1. The third kappa shape index (κ3) is 5.55. The topological polar surface area (TPSA) is 56.8 Å². The van der Waals surface area contributed by atoms with Gasteiger partial charge in [-0.25, -0.2) is 0 Å². The lowest BCUT2D eigenvalue weighted by Gasteiger charge is -2.13. The molecule has 5 nitrogen and oxygen atoms in total. The van der Waals surface area contributed by atoms with Crippen LogP contribution in [-0.4, -0.2) is 26.2 Å². The smallest absolute Gasteiger partial charge is 0.244 e. The van der Waals surface area contributed by atoms with Crippen molar-refractivity contribution in [3.8, 4) is 17.2 Å². The van der Waals surface area contributed by atoms with Crippen molar-refractivity contribution in [3.63, 3.8) is 0 Å². The Bertz CT molecular complexity index is 768. The van der Waals surface area contributed by atoms with E-state index < -0.39 is 0 Å². The standard InChI is InChI=1S/C21H25NO4/c1-15(2)26-19-11-9-16(13-20(19)25-4)10-12-21(23)22-14-17-7-5-6-8-18(17)24-3/h5-13,15H,14H2,1-4H3,(H,22,23). The summed E-state index contributed by atoms with van der Waals surface area (Å²) in [6.07, 6.45) is 3.29. The first-order valence-electron chi connectivity index (χ1n) is 8.46. The molecule has 0 bridgehead atoms. The molecule has 1 amide bonds. The van der Waals surface area contributed by atoms with Gasteiger partial charge in [-0.1, -0.05) is 24.3 Å². The average Bonchev–Trinajstić information content (AvgIpc) is 2.65. The second-order valence-corrected chi connectivity index (χ2v) is 5.94. The minimum absolute atomic E-state index is 0.0612. The van der Waals surface area contributed by atoms with Gasteiger partial charge < -0.3 is 19.5 Å². The van der Waals surface area contributed by atoms with Crippen LogP contribution in [0.4, 0.5) is 0 Å². The Morgan fingerprint density at radius 1 is 1.04 bits per heavy atom. The van der Waals surface area contributed by atoms with Crippen molar-refractivity contribution >= 4 is 12.0 Å². The molecule has 0 atom stereocenters. The Hall–Kier alpha value is -2.95. The van der Waals surface area contributed by atoms with Crippen molar-refractivity contribution in [2.24, 2.45) is 0 Å². The second kappa shape index (κ2) is 9.51. The first-order valence-corrected chi connectivity index (χ1v) is 8.46. The van der Waals surface area contributed by atoms with Crippen LogP contribution in [0.1, 0.15) is 25.0 Å². The zero-order chi connectivity index (χ0) is 18.9. The molecular weight excluding hydrogens is 330 g/mol. The van der Waals surface area contributed by atoms with Gasteiger partial charge in [-0.05, 0) is 43.7 Å². The highest BCUT2D eigenvalue weighted by atomic mass is 16.5. The van der Waals surface area contributed by atoms with Crippen LogP contribution in [0.5, 0.6) is 17.2 Å². The largest absolute Gasteiger partial charge is 0.496 e. The summed E-state index contributed by atoms with van der Waals surface area (Å²) in [6, 6.07) is 13.1. The van der Waals surface area contributed by atoms with Crippen LogP contribution in [0.2, 0.25) is 0 Å². The minimum Gasteiger partial charge on any atom is -0.496 e. The lowest BCUT2D eigenvalue weighted by molar-refractivity contribution is -0.116. The van der Waals surface area contributed by atoms with Crippen LogP contribution < -0.4 is 19.5 Å². The Morgan fingerprint density at radius 2 is 1.77 bits per heavy atom. The molecule has 0 aliphatic heterocycles. The van der Waals surface area contributed by atoms with Crippen molar-refractivity contribution in [1.82, 2.24) is 5.32 Å². The van der Waals surface area contributed by atoms with E-state index in [1.807, 2.05) is 56.3 Å². The zero-order valence-corrected chi connectivity index (χ0v) is 15.6. The summed E-state index contributed by atoms with van der Waals surface area (Å²) >= 11 is 0. The van der Waals surface area contributed by atoms with Gasteiger partial charge in [-0.3, -0.25) is 4.79 Å². The van der Waals surface area contributed by atoms with Crippen molar-refractivity contribution in [2.75, 3.05) is 14.2 Å². The summed E-state index contributed by atoms with van der Waals surface area (Å²) in [6.45, 7) is 4.32. The fourth-order valence-corrected chi connectivity index (χ4v) is 2.40. The summed E-state index contributed by atoms with van der Waals surface area (Å²) in [5, 5.41) is 2.85. The molecule has 0 aliphatic rings. The van der Waals surface area contributed by atoms with Crippen LogP contribution in [0.3, 0.4) is 0 Å². The predicted octanol–water partition coefficient (Wildman–Crippen LogP) is 3.82. The van der Waals surface area contributed by atoms with Crippen LogP contribution in [0, 0.1) is 0 Å². The van der Waals surface area contributed by atoms with Gasteiger partial charge in [0.1, 0.15) is 5.75 Å². The molecule has 2 rings (SSSR count). The quantitative estimate of drug-likeness (QED) is 0.732. The van der Waals surface area contributed by atoms with Gasteiger partial charge >= 0.3 is 0 Å². The fourth-order valence-electron chi connectivity index (χ4n) is 2.40. The third-order valence-corrected chi connectivity index (χ3v) is 3.62. The summed E-state index contributed by atoms with van der Waals surface area (Å²) in [4.78, 5) is 12.1. The van der Waals surface area contributed by atoms with Gasteiger partial charge in [-0.2, -0.15) is 0 Å². The molecule has 0 spiro atoms. The van der Waals surface area contributed by atoms with Crippen LogP contribution >= 0.6 is 0 Å². The van der Waals surface area contributed by atoms with Crippen molar-refractivity contribution in [3.05, 3.63) is 59.7 Å². The van der Waals surface area contributed by atoms with Crippen molar-refractivity contribution in [2.45, 2.75) is 26.5 Å². The maximum Gasteiger partial charge on any atom is 0.244 e. The summed E-state index contributed by atoms with van der Waals surface area (Å²) in [5.41, 5.74) is 1.78. The van der Waals surface area contributed by atoms with Gasteiger partial charge in [0.2, 0.25) is 5.91 Å². The van der Waals surface area contributed by atoms with E-state index in [1.165, 1.54) is 6.08 Å². The molecule has 0 heterocycles. The molecule has 2 aromatic carbocycles. The summed E-state index contributed by atoms with van der Waals surface area (Å²) in [7, 11) is 3.20. The molecule has 0 unspecified atom stereocenters. The highest BCUT2D eigenvalue weighted by Gasteiger charge is 2.07. The van der Waals surface area contributed by atoms with Gasteiger partial charge in [-0.15, -0.1) is 0 Å². The molecule has 0 aromatic heterocycles. The monoisotopic (exact) mass is 355 g/mol. The number of amides is 1. The maximum atomic E-state index is 12.1. The molecule has 0 radical (unpaired) electrons. The number of ether oxygens (including phenoxy) is 3. The average molecular weight is 355 g/mol. The Balaban J connectivity index is 1.99. The number of methoxy groups -OCH3 is 2. The van der Waals surface area contributed by atoms with E-state index in [2.05, 4.69) is 5.32 Å². The number of benzene rings is 2. The highest BCUT2D eigenvalue weighted by Crippen LogP contribution is 2.29. The van der Waals surface area contributed by atoms with Crippen molar-refractivity contribution in [1.29, 1.82) is 0 Å². The zero-order valence-electron chi connectivity index (χ0n) is 15.6. The molecule has 0 saturated heterocycles. The van der Waals surface area contributed by atoms with E-state index in [9.17, 15) is 4.79 Å². The third-order valence-electron chi connectivity index (χ3n) is 3.62. The second-order valence-electron chi connectivity index (χ2n) is 5.94. The molecular formula is C21H25NO4. The SMILES string of the molecule is COc1ccccc1CNC(=O)C=Cc1ccc(OC(C)C)c(OC)c1. The summed E-state index contributed by atoms with van der Waals surface area (Å²) in [5.74, 6) is 1.88. The normalized spacial score (nSPS) is 10.8. The number of carbonyl (C=O) groups is 1. The molecule has 1 N–H and O–H groups in total. The number of nitrogens with one attached hydrogen (secondary N) is 1. The van der Waals surface area contributed by atoms with E-state index in [-0.39, 0.29) is 12.0 Å². The number of rotatable bonds is 8.